The zero-order chi connectivity index (χ0) is 23.6. The molecule has 0 saturated heterocycles. The molecule has 0 radical (unpaired) electrons. The minimum atomic E-state index is -3.27. The van der Waals surface area contributed by atoms with E-state index >= 15 is 0 Å². The molecule has 0 aromatic heterocycles. The number of rotatable bonds is 7. The van der Waals surface area contributed by atoms with Crippen LogP contribution in [0.5, 0.6) is 0 Å². The van der Waals surface area contributed by atoms with E-state index in [9.17, 15) is 18.3 Å². The average Bonchev–Trinajstić information content (AvgIpc) is 2.74. The molecule has 0 aliphatic carbocycles. The van der Waals surface area contributed by atoms with Crippen molar-refractivity contribution in [3.05, 3.63) is 107 Å². The number of aliphatic hydroxyl groups is 1. The molecule has 5 heteroatoms. The SMILES string of the molecule is CC(O)(c1ccccc1)c1ccc(CC(=O)c2ccc(CS(=O)(=O)C(C)(C)C)cc2)cc1. The van der Waals surface area contributed by atoms with Crippen molar-refractivity contribution in [2.24, 2.45) is 0 Å². The zero-order valence-corrected chi connectivity index (χ0v) is 19.8. The van der Waals surface area contributed by atoms with Crippen molar-refractivity contribution < 1.29 is 18.3 Å². The molecule has 3 aromatic carbocycles. The van der Waals surface area contributed by atoms with Crippen LogP contribution in [0.4, 0.5) is 0 Å². The van der Waals surface area contributed by atoms with E-state index in [2.05, 4.69) is 0 Å². The van der Waals surface area contributed by atoms with Crippen LogP contribution in [0.15, 0.2) is 78.9 Å². The van der Waals surface area contributed by atoms with Gasteiger partial charge in [-0.2, -0.15) is 0 Å². The van der Waals surface area contributed by atoms with Gasteiger partial charge in [0.15, 0.2) is 15.6 Å². The molecule has 0 heterocycles. The Morgan fingerprint density at radius 1 is 0.750 bits per heavy atom. The summed E-state index contributed by atoms with van der Waals surface area (Å²) in [6.45, 7) is 6.81. The number of sulfone groups is 1. The maximum absolute atomic E-state index is 12.7. The number of carbonyl (C=O) groups excluding carboxylic acids is 1. The van der Waals surface area contributed by atoms with Crippen LogP contribution in [0.3, 0.4) is 0 Å². The molecule has 0 aliphatic heterocycles. The predicted octanol–water partition coefficient (Wildman–Crippen LogP) is 5.08. The largest absolute Gasteiger partial charge is 0.381 e. The normalized spacial score (nSPS) is 14.0. The Hall–Kier alpha value is -2.76. The molecule has 0 fully saturated rings. The topological polar surface area (TPSA) is 71.4 Å². The van der Waals surface area contributed by atoms with Gasteiger partial charge >= 0.3 is 0 Å². The van der Waals surface area contributed by atoms with Gasteiger partial charge in [-0.15, -0.1) is 0 Å². The molecule has 32 heavy (non-hydrogen) atoms. The van der Waals surface area contributed by atoms with Gasteiger partial charge < -0.3 is 5.11 Å². The fourth-order valence-corrected chi connectivity index (χ4v) is 4.45. The summed E-state index contributed by atoms with van der Waals surface area (Å²) in [5, 5.41) is 11.0. The van der Waals surface area contributed by atoms with Crippen LogP contribution in [0.1, 0.15) is 60.3 Å². The number of Topliss-reactive ketones (excluding diaryl/α,β-unsaturated/α-hetero) is 1. The van der Waals surface area contributed by atoms with E-state index in [-0.39, 0.29) is 18.0 Å². The monoisotopic (exact) mass is 450 g/mol. The average molecular weight is 451 g/mol. The fourth-order valence-electron chi connectivity index (χ4n) is 3.39. The van der Waals surface area contributed by atoms with Crippen molar-refractivity contribution in [1.29, 1.82) is 0 Å². The van der Waals surface area contributed by atoms with Gasteiger partial charge in [-0.3, -0.25) is 4.79 Å². The Morgan fingerprint density at radius 2 is 1.25 bits per heavy atom. The summed E-state index contributed by atoms with van der Waals surface area (Å²) in [4.78, 5) is 12.7. The van der Waals surface area contributed by atoms with Crippen molar-refractivity contribution >= 4 is 15.6 Å². The summed E-state index contributed by atoms with van der Waals surface area (Å²) < 4.78 is 23.9. The van der Waals surface area contributed by atoms with Crippen molar-refractivity contribution in [3.8, 4) is 0 Å². The Labute approximate surface area is 190 Å². The number of ketones is 1. The molecule has 3 aromatic rings. The fraction of sp³-hybridized carbons (Fsp3) is 0.296. The molecule has 0 saturated carbocycles. The summed E-state index contributed by atoms with van der Waals surface area (Å²) in [5.74, 6) is -0.0915. The third-order valence-electron chi connectivity index (χ3n) is 5.78. The molecule has 3 rings (SSSR count). The number of hydrogen-bond acceptors (Lipinski definition) is 4. The van der Waals surface area contributed by atoms with Crippen molar-refractivity contribution in [1.82, 2.24) is 0 Å². The first kappa shape index (κ1) is 23.9. The van der Waals surface area contributed by atoms with E-state index in [1.54, 1.807) is 52.0 Å². The van der Waals surface area contributed by atoms with Crippen LogP contribution < -0.4 is 0 Å². The zero-order valence-electron chi connectivity index (χ0n) is 19.0. The lowest BCUT2D eigenvalue weighted by molar-refractivity contribution is 0.0993. The second kappa shape index (κ2) is 9.00. The lowest BCUT2D eigenvalue weighted by Crippen LogP contribution is -2.29. The van der Waals surface area contributed by atoms with Crippen LogP contribution in [-0.2, 0) is 27.6 Å². The predicted molar refractivity (Wildman–Crippen MR) is 128 cm³/mol. The molecule has 0 aliphatic rings. The molecule has 1 atom stereocenters. The molecule has 0 spiro atoms. The Kier molecular flexibility index (Phi) is 6.72. The van der Waals surface area contributed by atoms with Gasteiger partial charge in [0.2, 0.25) is 0 Å². The first-order valence-electron chi connectivity index (χ1n) is 10.6. The van der Waals surface area contributed by atoms with E-state index in [0.29, 0.717) is 11.1 Å². The van der Waals surface area contributed by atoms with Gasteiger partial charge in [0.05, 0.1) is 10.5 Å². The summed E-state index contributed by atoms with van der Waals surface area (Å²) in [6, 6.07) is 23.6. The summed E-state index contributed by atoms with van der Waals surface area (Å²) in [7, 11) is -3.27. The highest BCUT2D eigenvalue weighted by Crippen LogP contribution is 2.29. The van der Waals surface area contributed by atoms with Gasteiger partial charge in [0.1, 0.15) is 5.60 Å². The number of hydrogen-bond donors (Lipinski definition) is 1. The molecule has 1 N–H and O–H groups in total. The van der Waals surface area contributed by atoms with Crippen LogP contribution >= 0.6 is 0 Å². The second-order valence-corrected chi connectivity index (χ2v) is 12.0. The van der Waals surface area contributed by atoms with Gasteiger partial charge in [0.25, 0.3) is 0 Å². The molecular weight excluding hydrogens is 420 g/mol. The van der Waals surface area contributed by atoms with E-state index in [1.807, 2.05) is 54.6 Å². The van der Waals surface area contributed by atoms with E-state index in [0.717, 1.165) is 16.7 Å². The Bertz CT molecular complexity index is 1170. The quantitative estimate of drug-likeness (QED) is 0.510. The highest BCUT2D eigenvalue weighted by molar-refractivity contribution is 7.91. The van der Waals surface area contributed by atoms with Gasteiger partial charge in [-0.05, 0) is 49.9 Å². The number of benzene rings is 3. The minimum absolute atomic E-state index is 0.0437. The van der Waals surface area contributed by atoms with Crippen molar-refractivity contribution in [3.63, 3.8) is 0 Å². The van der Waals surface area contributed by atoms with Gasteiger partial charge in [-0.25, -0.2) is 8.42 Å². The van der Waals surface area contributed by atoms with E-state index in [1.165, 1.54) is 0 Å². The van der Waals surface area contributed by atoms with Crippen LogP contribution in [0, 0.1) is 0 Å². The summed E-state index contributed by atoms with van der Waals surface area (Å²) in [5.41, 5.74) is 2.50. The maximum atomic E-state index is 12.7. The maximum Gasteiger partial charge on any atom is 0.167 e. The highest BCUT2D eigenvalue weighted by atomic mass is 32.2. The van der Waals surface area contributed by atoms with Crippen LogP contribution in [0.2, 0.25) is 0 Å². The molecule has 0 amide bonds. The minimum Gasteiger partial charge on any atom is -0.381 e. The van der Waals surface area contributed by atoms with E-state index < -0.39 is 20.2 Å². The lowest BCUT2D eigenvalue weighted by Gasteiger charge is -2.24. The summed E-state index contributed by atoms with van der Waals surface area (Å²) in [6.07, 6.45) is 0.230. The molecule has 168 valence electrons. The molecular formula is C27H30O4S. The first-order chi connectivity index (χ1) is 14.9. The van der Waals surface area contributed by atoms with Gasteiger partial charge in [0, 0.05) is 12.0 Å². The third kappa shape index (κ3) is 5.34. The van der Waals surface area contributed by atoms with Crippen molar-refractivity contribution in [2.75, 3.05) is 0 Å². The third-order valence-corrected chi connectivity index (χ3v) is 8.36. The van der Waals surface area contributed by atoms with Crippen LogP contribution in [0.25, 0.3) is 0 Å². The molecule has 4 nitrogen and oxygen atoms in total. The van der Waals surface area contributed by atoms with Gasteiger partial charge in [-0.1, -0.05) is 78.9 Å². The van der Waals surface area contributed by atoms with E-state index in [4.69, 9.17) is 0 Å². The Balaban J connectivity index is 1.69. The molecule has 1 unspecified atom stereocenters. The highest BCUT2D eigenvalue weighted by Gasteiger charge is 2.29. The Morgan fingerprint density at radius 3 is 1.78 bits per heavy atom. The lowest BCUT2D eigenvalue weighted by atomic mass is 9.87. The van der Waals surface area contributed by atoms with Crippen LogP contribution in [-0.4, -0.2) is 24.1 Å². The first-order valence-corrected chi connectivity index (χ1v) is 12.3. The smallest absolute Gasteiger partial charge is 0.167 e. The van der Waals surface area contributed by atoms with Crippen molar-refractivity contribution in [2.45, 2.75) is 50.2 Å². The number of carbonyl (C=O) groups is 1. The second-order valence-electron chi connectivity index (χ2n) is 9.30. The molecule has 0 bridgehead atoms. The standard InChI is InChI=1S/C27H30O4S/c1-26(2,3)32(30,31)19-21-10-14-22(15-11-21)25(28)18-20-12-16-24(17-13-20)27(4,29)23-8-6-5-7-9-23/h5-17,29H,18-19H2,1-4H3. The summed E-state index contributed by atoms with van der Waals surface area (Å²) >= 11 is 0.